The van der Waals surface area contributed by atoms with Crippen LogP contribution in [0.15, 0.2) is 83.9 Å². The summed E-state index contributed by atoms with van der Waals surface area (Å²) in [4.78, 5) is 28.7. The van der Waals surface area contributed by atoms with Crippen LogP contribution in [0.1, 0.15) is 11.3 Å². The van der Waals surface area contributed by atoms with Gasteiger partial charge in [-0.15, -0.1) is 11.3 Å². The van der Waals surface area contributed by atoms with Crippen LogP contribution in [0, 0.1) is 12.7 Å². The zero-order chi connectivity index (χ0) is 24.4. The first-order valence-electron chi connectivity index (χ1n) is 11.0. The molecule has 0 saturated heterocycles. The molecule has 0 aliphatic rings. The summed E-state index contributed by atoms with van der Waals surface area (Å²) in [7, 11) is 0. The third kappa shape index (κ3) is 4.48. The molecule has 1 N–H and O–H groups in total. The monoisotopic (exact) mass is 484 g/mol. The van der Waals surface area contributed by atoms with E-state index in [0.717, 1.165) is 15.3 Å². The minimum Gasteiger partial charge on any atom is -0.504 e. The minimum absolute atomic E-state index is 0.175. The van der Waals surface area contributed by atoms with Gasteiger partial charge in [-0.05, 0) is 49.2 Å². The molecule has 0 amide bonds. The number of phenols is 1. The van der Waals surface area contributed by atoms with E-state index in [-0.39, 0.29) is 16.9 Å². The third-order valence-electron chi connectivity index (χ3n) is 5.68. The van der Waals surface area contributed by atoms with Gasteiger partial charge in [-0.1, -0.05) is 36.4 Å². The standard InChI is InChI=1S/C27H21FN4O2S/c1-17-23(21-11-12-22(35-21)25-29-14-6-15-30-25)27(34)32(16-13-18-7-3-2-4-8-18)26(31-17)19-9-5-10-20(28)24(19)33/h2-12,14-15,33H,13,16H2,1H3. The molecule has 8 heteroatoms. The van der Waals surface area contributed by atoms with E-state index in [1.54, 1.807) is 31.5 Å². The number of nitrogens with zero attached hydrogens (tertiary/aromatic N) is 4. The van der Waals surface area contributed by atoms with Crippen LogP contribution in [0.25, 0.3) is 32.5 Å². The highest BCUT2D eigenvalue weighted by molar-refractivity contribution is 7.18. The number of hydrogen-bond donors (Lipinski definition) is 1. The van der Waals surface area contributed by atoms with Crippen LogP contribution in [0.4, 0.5) is 4.39 Å². The van der Waals surface area contributed by atoms with Crippen molar-refractivity contribution in [3.63, 3.8) is 0 Å². The van der Waals surface area contributed by atoms with Crippen molar-refractivity contribution < 1.29 is 9.50 Å². The van der Waals surface area contributed by atoms with Crippen LogP contribution in [0.2, 0.25) is 0 Å². The molecule has 5 aromatic rings. The average Bonchev–Trinajstić information content (AvgIpc) is 3.36. The topological polar surface area (TPSA) is 80.9 Å². The van der Waals surface area contributed by atoms with Crippen molar-refractivity contribution in [2.45, 2.75) is 19.9 Å². The highest BCUT2D eigenvalue weighted by Gasteiger charge is 2.21. The lowest BCUT2D eigenvalue weighted by Crippen LogP contribution is -2.27. The Kier molecular flexibility index (Phi) is 6.20. The quantitative estimate of drug-likeness (QED) is 0.345. The van der Waals surface area contributed by atoms with Gasteiger partial charge in [-0.2, -0.15) is 0 Å². The number of aryl methyl sites for hydroxylation is 2. The Labute approximate surface area is 205 Å². The maximum absolute atomic E-state index is 14.2. The summed E-state index contributed by atoms with van der Waals surface area (Å²) >= 11 is 1.41. The zero-order valence-corrected chi connectivity index (χ0v) is 19.7. The van der Waals surface area contributed by atoms with Crippen LogP contribution >= 0.6 is 11.3 Å². The van der Waals surface area contributed by atoms with Crippen LogP contribution in [0.3, 0.4) is 0 Å². The van der Waals surface area contributed by atoms with Gasteiger partial charge < -0.3 is 5.11 Å². The molecule has 174 valence electrons. The lowest BCUT2D eigenvalue weighted by Gasteiger charge is -2.16. The molecule has 6 nitrogen and oxygen atoms in total. The van der Waals surface area contributed by atoms with E-state index in [9.17, 15) is 14.3 Å². The molecule has 2 aromatic carbocycles. The number of benzene rings is 2. The molecule has 0 radical (unpaired) electrons. The second-order valence-corrected chi connectivity index (χ2v) is 9.04. The van der Waals surface area contributed by atoms with Gasteiger partial charge in [0, 0.05) is 23.8 Å². The van der Waals surface area contributed by atoms with E-state index in [1.807, 2.05) is 42.5 Å². The van der Waals surface area contributed by atoms with E-state index in [0.29, 0.717) is 30.0 Å². The van der Waals surface area contributed by atoms with Crippen LogP contribution in [-0.4, -0.2) is 24.6 Å². The molecular formula is C27H21FN4O2S. The first-order chi connectivity index (χ1) is 17.0. The van der Waals surface area contributed by atoms with Crippen LogP contribution in [0.5, 0.6) is 5.75 Å². The third-order valence-corrected chi connectivity index (χ3v) is 6.78. The Morgan fingerprint density at radius 1 is 0.943 bits per heavy atom. The van der Waals surface area contributed by atoms with Gasteiger partial charge in [0.1, 0.15) is 5.82 Å². The minimum atomic E-state index is -0.765. The fourth-order valence-electron chi connectivity index (χ4n) is 3.96. The number of rotatable bonds is 6. The Morgan fingerprint density at radius 3 is 2.46 bits per heavy atom. The maximum Gasteiger partial charge on any atom is 0.262 e. The molecule has 0 atom stereocenters. The van der Waals surface area contributed by atoms with Crippen molar-refractivity contribution in [2.24, 2.45) is 0 Å². The largest absolute Gasteiger partial charge is 0.504 e. The molecule has 35 heavy (non-hydrogen) atoms. The van der Waals surface area contributed by atoms with Crippen molar-refractivity contribution in [3.05, 3.63) is 107 Å². The molecule has 0 aliphatic heterocycles. The number of para-hydroxylation sites is 1. The average molecular weight is 485 g/mol. The Morgan fingerprint density at radius 2 is 1.69 bits per heavy atom. The summed E-state index contributed by atoms with van der Waals surface area (Å²) in [5.74, 6) is -0.481. The van der Waals surface area contributed by atoms with Crippen molar-refractivity contribution in [3.8, 4) is 38.3 Å². The number of aromatic nitrogens is 4. The second kappa shape index (κ2) is 9.60. The normalized spacial score (nSPS) is 11.0. The predicted octanol–water partition coefficient (Wildman–Crippen LogP) is 5.49. The molecular weight excluding hydrogens is 463 g/mol. The molecule has 5 rings (SSSR count). The molecule has 0 bridgehead atoms. The summed E-state index contributed by atoms with van der Waals surface area (Å²) in [6, 6.07) is 19.5. The summed E-state index contributed by atoms with van der Waals surface area (Å²) in [5.41, 5.74) is 1.93. The van der Waals surface area contributed by atoms with Crippen molar-refractivity contribution in [2.75, 3.05) is 0 Å². The lowest BCUT2D eigenvalue weighted by atomic mass is 10.1. The number of phenolic OH excluding ortho intramolecular Hbond substituents is 1. The number of hydrogen-bond acceptors (Lipinski definition) is 6. The van der Waals surface area contributed by atoms with Gasteiger partial charge in [-0.25, -0.2) is 19.3 Å². The number of thiophene rings is 1. The van der Waals surface area contributed by atoms with Gasteiger partial charge in [0.25, 0.3) is 5.56 Å². The van der Waals surface area contributed by atoms with Gasteiger partial charge in [0.15, 0.2) is 17.4 Å². The molecule has 3 heterocycles. The Bertz CT molecular complexity index is 1550. The van der Waals surface area contributed by atoms with Gasteiger partial charge >= 0.3 is 0 Å². The lowest BCUT2D eigenvalue weighted by molar-refractivity contribution is 0.433. The van der Waals surface area contributed by atoms with Gasteiger partial charge in [-0.3, -0.25) is 9.36 Å². The molecule has 0 unspecified atom stereocenters. The molecule has 0 aliphatic carbocycles. The fraction of sp³-hybridized carbons (Fsp3) is 0.111. The van der Waals surface area contributed by atoms with Crippen LogP contribution < -0.4 is 5.56 Å². The first kappa shape index (κ1) is 22.6. The smallest absolute Gasteiger partial charge is 0.262 e. The maximum atomic E-state index is 14.2. The van der Waals surface area contributed by atoms with Crippen molar-refractivity contribution in [1.29, 1.82) is 0 Å². The predicted molar refractivity (Wildman–Crippen MR) is 135 cm³/mol. The van der Waals surface area contributed by atoms with E-state index < -0.39 is 11.6 Å². The molecule has 0 saturated carbocycles. The highest BCUT2D eigenvalue weighted by atomic mass is 32.1. The molecule has 3 aromatic heterocycles. The van der Waals surface area contributed by atoms with E-state index in [4.69, 9.17) is 0 Å². The summed E-state index contributed by atoms with van der Waals surface area (Å²) in [6.45, 7) is 2.06. The first-order valence-corrected chi connectivity index (χ1v) is 11.9. The van der Waals surface area contributed by atoms with E-state index in [2.05, 4.69) is 15.0 Å². The van der Waals surface area contributed by atoms with E-state index >= 15 is 0 Å². The van der Waals surface area contributed by atoms with Crippen molar-refractivity contribution >= 4 is 11.3 Å². The zero-order valence-electron chi connectivity index (χ0n) is 18.9. The second-order valence-electron chi connectivity index (χ2n) is 7.96. The Balaban J connectivity index is 1.65. The fourth-order valence-corrected chi connectivity index (χ4v) is 5.00. The number of halogens is 1. The summed E-state index contributed by atoms with van der Waals surface area (Å²) in [6.07, 6.45) is 3.91. The highest BCUT2D eigenvalue weighted by Crippen LogP contribution is 2.35. The number of aromatic hydroxyl groups is 1. The van der Waals surface area contributed by atoms with Gasteiger partial charge in [0.2, 0.25) is 0 Å². The van der Waals surface area contributed by atoms with E-state index in [1.165, 1.54) is 28.0 Å². The Hall–Kier alpha value is -4.17. The van der Waals surface area contributed by atoms with Gasteiger partial charge in [0.05, 0.1) is 21.7 Å². The molecule has 0 spiro atoms. The summed E-state index contributed by atoms with van der Waals surface area (Å²) < 4.78 is 15.7. The van der Waals surface area contributed by atoms with Crippen molar-refractivity contribution in [1.82, 2.24) is 19.5 Å². The summed E-state index contributed by atoms with van der Waals surface area (Å²) in [5, 5.41) is 10.4. The molecule has 0 fully saturated rings. The SMILES string of the molecule is Cc1nc(-c2cccc(F)c2O)n(CCc2ccccc2)c(=O)c1-c1ccc(-c2ncccn2)s1. The van der Waals surface area contributed by atoms with Crippen LogP contribution in [-0.2, 0) is 13.0 Å².